The van der Waals surface area contributed by atoms with Gasteiger partial charge in [0.2, 0.25) is 0 Å². The van der Waals surface area contributed by atoms with Crippen molar-refractivity contribution in [1.82, 2.24) is 0 Å². The van der Waals surface area contributed by atoms with Crippen LogP contribution in [0.25, 0.3) is 6.08 Å². The number of nitrogens with one attached hydrogen (secondary N) is 2. The number of halogens is 1. The van der Waals surface area contributed by atoms with Crippen LogP contribution in [0.3, 0.4) is 0 Å². The second-order valence-corrected chi connectivity index (χ2v) is 6.22. The van der Waals surface area contributed by atoms with E-state index in [-0.39, 0.29) is 5.82 Å². The molecule has 0 fully saturated rings. The minimum atomic E-state index is -0.502. The standard InChI is InChI=1S/C20H21FN2O3/c1-3-25-13-20(2)11-10-14-12-17(8-9-18(14)26-20)23-19(24)22-16-6-4-15(21)5-7-16/h4-12H,3,13H2,1-2H3,(H2,22,23,24). The van der Waals surface area contributed by atoms with Crippen molar-refractivity contribution in [2.75, 3.05) is 23.8 Å². The molecule has 0 aliphatic carbocycles. The van der Waals surface area contributed by atoms with Gasteiger partial charge in [-0.15, -0.1) is 0 Å². The lowest BCUT2D eigenvalue weighted by molar-refractivity contribution is 0.0188. The van der Waals surface area contributed by atoms with E-state index < -0.39 is 11.6 Å². The summed E-state index contributed by atoms with van der Waals surface area (Å²) in [5, 5.41) is 5.40. The summed E-state index contributed by atoms with van der Waals surface area (Å²) in [6, 6.07) is 10.6. The van der Waals surface area contributed by atoms with E-state index in [1.165, 1.54) is 24.3 Å². The lowest BCUT2D eigenvalue weighted by Gasteiger charge is -2.31. The first kappa shape index (κ1) is 17.9. The van der Waals surface area contributed by atoms with Crippen LogP contribution < -0.4 is 15.4 Å². The molecule has 2 amide bonds. The molecule has 1 heterocycles. The molecule has 6 heteroatoms. The molecular formula is C20H21FN2O3. The summed E-state index contributed by atoms with van der Waals surface area (Å²) in [7, 11) is 0. The Morgan fingerprint density at radius 3 is 2.58 bits per heavy atom. The second-order valence-electron chi connectivity index (χ2n) is 6.22. The zero-order valence-electron chi connectivity index (χ0n) is 14.7. The van der Waals surface area contributed by atoms with Gasteiger partial charge >= 0.3 is 6.03 Å². The SMILES string of the molecule is CCOCC1(C)C=Cc2cc(NC(=O)Nc3ccc(F)cc3)ccc2O1. The van der Waals surface area contributed by atoms with Gasteiger partial charge in [-0.3, -0.25) is 0 Å². The molecule has 0 saturated heterocycles. The number of rotatable bonds is 5. The fourth-order valence-electron chi connectivity index (χ4n) is 2.61. The Bertz CT molecular complexity index is 820. The van der Waals surface area contributed by atoms with Crippen LogP contribution in [0, 0.1) is 5.82 Å². The van der Waals surface area contributed by atoms with Gasteiger partial charge in [0.1, 0.15) is 17.2 Å². The molecule has 0 radical (unpaired) electrons. The highest BCUT2D eigenvalue weighted by atomic mass is 19.1. The summed E-state index contributed by atoms with van der Waals surface area (Å²) in [6.45, 7) is 5.01. The zero-order chi connectivity index (χ0) is 18.6. The van der Waals surface area contributed by atoms with Gasteiger partial charge in [0.15, 0.2) is 0 Å². The van der Waals surface area contributed by atoms with Gasteiger partial charge in [0.25, 0.3) is 0 Å². The molecule has 0 aromatic heterocycles. The van der Waals surface area contributed by atoms with Crippen LogP contribution in [0.2, 0.25) is 0 Å². The highest BCUT2D eigenvalue weighted by Gasteiger charge is 2.27. The third-order valence-corrected chi connectivity index (χ3v) is 3.92. The highest BCUT2D eigenvalue weighted by molar-refractivity contribution is 6.00. The number of benzene rings is 2. The Balaban J connectivity index is 1.65. The summed E-state index contributed by atoms with van der Waals surface area (Å²) >= 11 is 0. The van der Waals surface area contributed by atoms with Crippen molar-refractivity contribution < 1.29 is 18.7 Å². The third kappa shape index (κ3) is 4.40. The molecule has 3 rings (SSSR count). The van der Waals surface area contributed by atoms with Crippen LogP contribution in [0.5, 0.6) is 5.75 Å². The van der Waals surface area contributed by atoms with Gasteiger partial charge in [-0.2, -0.15) is 0 Å². The summed E-state index contributed by atoms with van der Waals surface area (Å²) in [5.74, 6) is 0.382. The number of fused-ring (bicyclic) bond motifs is 1. The molecular weight excluding hydrogens is 335 g/mol. The molecule has 1 atom stereocenters. The number of urea groups is 1. The van der Waals surface area contributed by atoms with E-state index in [9.17, 15) is 9.18 Å². The van der Waals surface area contributed by atoms with Crippen LogP contribution in [-0.4, -0.2) is 24.8 Å². The van der Waals surface area contributed by atoms with Crippen molar-refractivity contribution in [3.8, 4) is 5.75 Å². The van der Waals surface area contributed by atoms with E-state index in [1.54, 1.807) is 6.07 Å². The maximum absolute atomic E-state index is 12.9. The van der Waals surface area contributed by atoms with Crippen LogP contribution in [0.1, 0.15) is 19.4 Å². The van der Waals surface area contributed by atoms with Crippen LogP contribution >= 0.6 is 0 Å². The topological polar surface area (TPSA) is 59.6 Å². The molecule has 2 aromatic rings. The Hall–Kier alpha value is -2.86. The average molecular weight is 356 g/mol. The first-order valence-electron chi connectivity index (χ1n) is 8.41. The van der Waals surface area contributed by atoms with Crippen molar-refractivity contribution in [3.63, 3.8) is 0 Å². The molecule has 2 N–H and O–H groups in total. The summed E-state index contributed by atoms with van der Waals surface area (Å²) in [4.78, 5) is 12.1. The first-order valence-corrected chi connectivity index (χ1v) is 8.41. The van der Waals surface area contributed by atoms with Gasteiger partial charge in [-0.05, 0) is 62.4 Å². The Labute approximate surface area is 151 Å². The molecule has 0 saturated carbocycles. The number of carbonyl (C=O) groups excluding carboxylic acids is 1. The van der Waals surface area contributed by atoms with Crippen molar-refractivity contribution in [2.24, 2.45) is 0 Å². The number of amides is 2. The van der Waals surface area contributed by atoms with E-state index in [1.807, 2.05) is 38.1 Å². The van der Waals surface area contributed by atoms with Crippen LogP contribution in [-0.2, 0) is 4.74 Å². The van der Waals surface area contributed by atoms with Crippen LogP contribution in [0.15, 0.2) is 48.5 Å². The predicted octanol–water partition coefficient (Wildman–Crippen LogP) is 4.67. The first-order chi connectivity index (χ1) is 12.5. The molecule has 1 aliphatic heterocycles. The highest BCUT2D eigenvalue weighted by Crippen LogP contribution is 2.33. The molecule has 5 nitrogen and oxygen atoms in total. The monoisotopic (exact) mass is 356 g/mol. The van der Waals surface area contributed by atoms with Crippen molar-refractivity contribution >= 4 is 23.5 Å². The van der Waals surface area contributed by atoms with E-state index in [2.05, 4.69) is 10.6 Å². The average Bonchev–Trinajstić information content (AvgIpc) is 2.62. The lowest BCUT2D eigenvalue weighted by Crippen LogP contribution is -2.37. The fraction of sp³-hybridized carbons (Fsp3) is 0.250. The Kier molecular flexibility index (Phi) is 5.23. The predicted molar refractivity (Wildman–Crippen MR) is 100 cm³/mol. The van der Waals surface area contributed by atoms with Gasteiger partial charge in [-0.1, -0.05) is 6.08 Å². The zero-order valence-corrected chi connectivity index (χ0v) is 14.7. The largest absolute Gasteiger partial charge is 0.480 e. The van der Waals surface area contributed by atoms with Gasteiger partial charge < -0.3 is 20.1 Å². The van der Waals surface area contributed by atoms with Crippen molar-refractivity contribution in [2.45, 2.75) is 19.4 Å². The smallest absolute Gasteiger partial charge is 0.323 e. The van der Waals surface area contributed by atoms with Crippen molar-refractivity contribution in [3.05, 3.63) is 59.9 Å². The number of carbonyl (C=O) groups is 1. The minimum Gasteiger partial charge on any atom is -0.480 e. The van der Waals surface area contributed by atoms with Gasteiger partial charge in [-0.25, -0.2) is 9.18 Å². The normalized spacial score (nSPS) is 18.0. The number of hydrogen-bond donors (Lipinski definition) is 2. The summed E-state index contributed by atoms with van der Waals surface area (Å²) in [5.41, 5.74) is 1.51. The molecule has 0 spiro atoms. The number of ether oxygens (including phenoxy) is 2. The molecule has 1 aliphatic rings. The number of anilines is 2. The minimum absolute atomic E-state index is 0.353. The van der Waals surface area contributed by atoms with E-state index in [4.69, 9.17) is 9.47 Å². The molecule has 136 valence electrons. The van der Waals surface area contributed by atoms with E-state index in [0.717, 1.165) is 11.3 Å². The molecule has 1 unspecified atom stereocenters. The summed E-state index contributed by atoms with van der Waals surface area (Å²) < 4.78 is 24.4. The van der Waals surface area contributed by atoms with Crippen LogP contribution in [0.4, 0.5) is 20.6 Å². The quantitative estimate of drug-likeness (QED) is 0.818. The molecule has 2 aromatic carbocycles. The molecule has 0 bridgehead atoms. The van der Waals surface area contributed by atoms with Gasteiger partial charge in [0, 0.05) is 23.5 Å². The second kappa shape index (κ2) is 7.58. The Morgan fingerprint density at radius 1 is 1.15 bits per heavy atom. The maximum atomic E-state index is 12.9. The van der Waals surface area contributed by atoms with E-state index in [0.29, 0.717) is 24.6 Å². The third-order valence-electron chi connectivity index (χ3n) is 3.92. The lowest BCUT2D eigenvalue weighted by atomic mass is 10.0. The Morgan fingerprint density at radius 2 is 1.85 bits per heavy atom. The van der Waals surface area contributed by atoms with Gasteiger partial charge in [0.05, 0.1) is 6.61 Å². The van der Waals surface area contributed by atoms with Crippen molar-refractivity contribution in [1.29, 1.82) is 0 Å². The molecule has 26 heavy (non-hydrogen) atoms. The summed E-state index contributed by atoms with van der Waals surface area (Å²) in [6.07, 6.45) is 3.91. The fourth-order valence-corrected chi connectivity index (χ4v) is 2.61. The van der Waals surface area contributed by atoms with E-state index >= 15 is 0 Å². The number of hydrogen-bond acceptors (Lipinski definition) is 3. The maximum Gasteiger partial charge on any atom is 0.323 e.